The summed E-state index contributed by atoms with van der Waals surface area (Å²) in [5.74, 6) is -0.712. The van der Waals surface area contributed by atoms with Crippen LogP contribution in [0.4, 0.5) is 5.69 Å². The van der Waals surface area contributed by atoms with E-state index in [0.29, 0.717) is 39.1 Å². The van der Waals surface area contributed by atoms with E-state index in [1.54, 1.807) is 48.5 Å². The Morgan fingerprint density at radius 3 is 1.40 bits per heavy atom. The molecule has 0 saturated heterocycles. The first-order chi connectivity index (χ1) is 16.8. The Morgan fingerprint density at radius 1 is 0.543 bits per heavy atom. The van der Waals surface area contributed by atoms with Crippen LogP contribution in [0, 0.1) is 6.92 Å². The first-order valence-corrected chi connectivity index (χ1v) is 11.0. The highest BCUT2D eigenvalue weighted by atomic mass is 16.5. The van der Waals surface area contributed by atoms with Crippen LogP contribution in [0.2, 0.25) is 0 Å². The molecule has 0 unspecified atom stereocenters. The number of anilines is 1. The number of rotatable bonds is 3. The molecule has 170 valence electrons. The summed E-state index contributed by atoms with van der Waals surface area (Å²) in [4.78, 5) is 54.5. The van der Waals surface area contributed by atoms with Crippen molar-refractivity contribution in [1.82, 2.24) is 4.90 Å². The number of hydrogen-bond acceptors (Lipinski definition) is 5. The fraction of sp³-hybridized carbons (Fsp3) is 0.0714. The van der Waals surface area contributed by atoms with Gasteiger partial charge in [0.25, 0.3) is 23.6 Å². The largest absolute Gasteiger partial charge is 0.457 e. The molecule has 2 aliphatic rings. The lowest BCUT2D eigenvalue weighted by Crippen LogP contribution is -2.42. The van der Waals surface area contributed by atoms with Crippen LogP contribution in [0.25, 0.3) is 10.8 Å². The van der Waals surface area contributed by atoms with Gasteiger partial charge in [-0.2, -0.15) is 0 Å². The van der Waals surface area contributed by atoms with Crippen molar-refractivity contribution in [3.63, 3.8) is 0 Å². The molecule has 0 bridgehead atoms. The summed E-state index contributed by atoms with van der Waals surface area (Å²) in [6, 6.07) is 20.5. The van der Waals surface area contributed by atoms with Crippen LogP contribution in [-0.2, 0) is 0 Å². The molecule has 6 rings (SSSR count). The number of imide groups is 2. The Bertz CT molecular complexity index is 1530. The minimum atomic E-state index is -0.516. The molecule has 4 amide bonds. The highest BCUT2D eigenvalue weighted by molar-refractivity contribution is 6.39. The van der Waals surface area contributed by atoms with Gasteiger partial charge in [0.15, 0.2) is 0 Å². The summed E-state index contributed by atoms with van der Waals surface area (Å²) in [5, 5.41) is 0.705. The van der Waals surface area contributed by atoms with Crippen LogP contribution in [0.3, 0.4) is 0 Å². The lowest BCUT2D eigenvalue weighted by molar-refractivity contribution is 0.0649. The van der Waals surface area contributed by atoms with Crippen LogP contribution in [-0.4, -0.2) is 35.6 Å². The zero-order valence-corrected chi connectivity index (χ0v) is 18.9. The Balaban J connectivity index is 1.40. The molecule has 0 aromatic heterocycles. The Hall–Kier alpha value is -4.78. The number of amides is 4. The van der Waals surface area contributed by atoms with Crippen LogP contribution >= 0.6 is 0 Å². The van der Waals surface area contributed by atoms with Gasteiger partial charge in [0.05, 0.1) is 5.69 Å². The molecule has 2 heterocycles. The maximum atomic E-state index is 13.5. The summed E-state index contributed by atoms with van der Waals surface area (Å²) >= 11 is 0. The second-order valence-electron chi connectivity index (χ2n) is 8.60. The van der Waals surface area contributed by atoms with Crippen molar-refractivity contribution in [3.8, 4) is 11.5 Å². The van der Waals surface area contributed by atoms with Gasteiger partial charge in [-0.15, -0.1) is 0 Å². The molecule has 0 spiro atoms. The average molecular weight is 462 g/mol. The van der Waals surface area contributed by atoms with Crippen molar-refractivity contribution in [3.05, 3.63) is 101 Å². The fourth-order valence-electron chi connectivity index (χ4n) is 4.64. The summed E-state index contributed by atoms with van der Waals surface area (Å²) in [6.45, 7) is 1.99. The van der Waals surface area contributed by atoms with Gasteiger partial charge in [0, 0.05) is 40.1 Å². The number of carbonyl (C=O) groups excluding carboxylic acids is 4. The number of ether oxygens (including phenoxy) is 1. The van der Waals surface area contributed by atoms with E-state index in [2.05, 4.69) is 0 Å². The van der Waals surface area contributed by atoms with Crippen LogP contribution < -0.4 is 9.64 Å². The van der Waals surface area contributed by atoms with E-state index in [9.17, 15) is 19.2 Å². The third-order valence-electron chi connectivity index (χ3n) is 6.45. The average Bonchev–Trinajstić information content (AvgIpc) is 2.87. The summed E-state index contributed by atoms with van der Waals surface area (Å²) in [5.41, 5.74) is 2.65. The predicted octanol–water partition coefficient (Wildman–Crippen LogP) is 4.97. The monoisotopic (exact) mass is 462 g/mol. The smallest absolute Gasteiger partial charge is 0.265 e. The van der Waals surface area contributed by atoms with E-state index in [1.807, 2.05) is 31.2 Å². The summed E-state index contributed by atoms with van der Waals surface area (Å²) in [6.07, 6.45) is 0. The van der Waals surface area contributed by atoms with E-state index in [1.165, 1.54) is 7.05 Å². The van der Waals surface area contributed by atoms with Crippen molar-refractivity contribution < 1.29 is 23.9 Å². The van der Waals surface area contributed by atoms with Gasteiger partial charge in [0.1, 0.15) is 11.5 Å². The quantitative estimate of drug-likeness (QED) is 0.402. The molecule has 0 radical (unpaired) electrons. The van der Waals surface area contributed by atoms with Crippen molar-refractivity contribution >= 4 is 40.1 Å². The van der Waals surface area contributed by atoms with E-state index in [0.717, 1.165) is 15.4 Å². The van der Waals surface area contributed by atoms with Gasteiger partial charge in [-0.1, -0.05) is 17.7 Å². The fourth-order valence-corrected chi connectivity index (χ4v) is 4.64. The van der Waals surface area contributed by atoms with Crippen molar-refractivity contribution in [2.24, 2.45) is 0 Å². The molecule has 35 heavy (non-hydrogen) atoms. The molecular formula is C28H18N2O5. The normalized spacial score (nSPS) is 14.7. The van der Waals surface area contributed by atoms with Gasteiger partial charge in [0.2, 0.25) is 0 Å². The van der Waals surface area contributed by atoms with E-state index in [-0.39, 0.29) is 11.1 Å². The molecule has 4 aromatic carbocycles. The standard InChI is InChI=1S/C28H18N2O5/c1-15-3-7-17(8-4-15)35-18-9-5-16(6-10-18)30-27(33)21-13-11-19-23-20(26(32)29(2)25(19)31)12-14-22(24(21)23)28(30)34/h3-14H,1-2H3. The van der Waals surface area contributed by atoms with E-state index in [4.69, 9.17) is 4.74 Å². The Morgan fingerprint density at radius 2 is 0.943 bits per heavy atom. The molecule has 0 fully saturated rings. The molecule has 0 N–H and O–H groups in total. The topological polar surface area (TPSA) is 84.0 Å². The third kappa shape index (κ3) is 2.98. The predicted molar refractivity (Wildman–Crippen MR) is 129 cm³/mol. The van der Waals surface area contributed by atoms with E-state index >= 15 is 0 Å². The second-order valence-corrected chi connectivity index (χ2v) is 8.60. The number of carbonyl (C=O) groups is 4. The Kier molecular flexibility index (Phi) is 4.38. The van der Waals surface area contributed by atoms with Gasteiger partial charge in [-0.3, -0.25) is 24.1 Å². The highest BCUT2D eigenvalue weighted by Gasteiger charge is 2.39. The zero-order valence-electron chi connectivity index (χ0n) is 18.9. The van der Waals surface area contributed by atoms with Crippen LogP contribution in [0.1, 0.15) is 47.0 Å². The molecule has 0 aliphatic carbocycles. The Labute approximate surface area is 200 Å². The number of aryl methyl sites for hydroxylation is 1. The number of hydrogen-bond donors (Lipinski definition) is 0. The molecule has 4 aromatic rings. The second kappa shape index (κ2) is 7.36. The maximum Gasteiger partial charge on any atom is 0.265 e. The minimum absolute atomic E-state index is 0.269. The molecule has 0 atom stereocenters. The molecule has 0 saturated carbocycles. The van der Waals surface area contributed by atoms with Crippen molar-refractivity contribution in [1.29, 1.82) is 0 Å². The molecule has 7 nitrogen and oxygen atoms in total. The maximum absolute atomic E-state index is 13.5. The molecule has 7 heteroatoms. The van der Waals surface area contributed by atoms with Gasteiger partial charge < -0.3 is 4.74 Å². The van der Waals surface area contributed by atoms with Crippen molar-refractivity contribution in [2.75, 3.05) is 11.9 Å². The zero-order chi connectivity index (χ0) is 24.4. The van der Waals surface area contributed by atoms with Gasteiger partial charge in [-0.05, 0) is 67.6 Å². The van der Waals surface area contributed by atoms with Gasteiger partial charge >= 0.3 is 0 Å². The lowest BCUT2D eigenvalue weighted by atomic mass is 9.86. The van der Waals surface area contributed by atoms with E-state index < -0.39 is 23.6 Å². The minimum Gasteiger partial charge on any atom is -0.457 e. The molecular weight excluding hydrogens is 444 g/mol. The van der Waals surface area contributed by atoms with Crippen LogP contribution in [0.5, 0.6) is 11.5 Å². The number of nitrogens with zero attached hydrogens (tertiary/aromatic N) is 2. The third-order valence-corrected chi connectivity index (χ3v) is 6.45. The summed E-state index contributed by atoms with van der Waals surface area (Å²) in [7, 11) is 1.41. The lowest BCUT2D eigenvalue weighted by Gasteiger charge is -2.30. The van der Waals surface area contributed by atoms with Gasteiger partial charge in [-0.25, -0.2) is 4.90 Å². The SMILES string of the molecule is Cc1ccc(Oc2ccc(N3C(=O)c4ccc5c6c(ccc(c46)C3=O)C(=O)N(C)C5=O)cc2)cc1. The first kappa shape index (κ1) is 20.8. The van der Waals surface area contributed by atoms with Crippen molar-refractivity contribution in [2.45, 2.75) is 6.92 Å². The van der Waals surface area contributed by atoms with Crippen LogP contribution in [0.15, 0.2) is 72.8 Å². The first-order valence-electron chi connectivity index (χ1n) is 11.0. The molecule has 2 aliphatic heterocycles. The summed E-state index contributed by atoms with van der Waals surface area (Å²) < 4.78 is 5.85. The number of benzene rings is 4. The highest BCUT2D eigenvalue weighted by Crippen LogP contribution is 2.39.